The number of aromatic hydroxyl groups is 1. The Hall–Kier alpha value is -1.77. The summed E-state index contributed by atoms with van der Waals surface area (Å²) in [7, 11) is 0. The summed E-state index contributed by atoms with van der Waals surface area (Å²) in [5, 5.41) is 14.8. The van der Waals surface area contributed by atoms with Gasteiger partial charge in [-0.15, -0.1) is 0 Å². The average Bonchev–Trinajstić information content (AvgIpc) is 2.57. The van der Waals surface area contributed by atoms with Crippen molar-refractivity contribution in [2.75, 3.05) is 0 Å². The predicted molar refractivity (Wildman–Crippen MR) is 73.2 cm³/mol. The third-order valence-electron chi connectivity index (χ3n) is 3.11. The van der Waals surface area contributed by atoms with Crippen LogP contribution >= 0.6 is 0 Å². The molecule has 0 spiro atoms. The molecule has 1 aromatic heterocycles. The summed E-state index contributed by atoms with van der Waals surface area (Å²) >= 11 is 0. The Balaban J connectivity index is 2.51. The van der Waals surface area contributed by atoms with Crippen molar-refractivity contribution in [3.05, 3.63) is 41.1 Å². The van der Waals surface area contributed by atoms with Gasteiger partial charge in [0.15, 0.2) is 0 Å². The Morgan fingerprint density at radius 3 is 2.50 bits per heavy atom. The summed E-state index contributed by atoms with van der Waals surface area (Å²) in [6, 6.07) is 7.94. The fraction of sp³-hybridized carbons (Fsp3) is 0.400. The third-order valence-corrected chi connectivity index (χ3v) is 3.11. The van der Waals surface area contributed by atoms with Crippen molar-refractivity contribution in [1.82, 2.24) is 9.78 Å². The first-order valence-electron chi connectivity index (χ1n) is 6.34. The molecular weight excluding hydrogens is 224 g/mol. The second-order valence-corrected chi connectivity index (χ2v) is 5.18. The minimum atomic E-state index is 0.274. The highest BCUT2D eigenvalue weighted by molar-refractivity contribution is 5.45. The van der Waals surface area contributed by atoms with Crippen molar-refractivity contribution in [1.29, 1.82) is 0 Å². The van der Waals surface area contributed by atoms with Crippen LogP contribution < -0.4 is 0 Å². The normalized spacial score (nSPS) is 11.2. The molecule has 18 heavy (non-hydrogen) atoms. The molecule has 96 valence electrons. The average molecular weight is 244 g/mol. The molecule has 3 nitrogen and oxygen atoms in total. The lowest BCUT2D eigenvalue weighted by Crippen LogP contribution is -1.99. The lowest BCUT2D eigenvalue weighted by Gasteiger charge is -2.07. The van der Waals surface area contributed by atoms with Gasteiger partial charge in [-0.1, -0.05) is 32.0 Å². The van der Waals surface area contributed by atoms with Crippen LogP contribution in [0.1, 0.15) is 30.7 Å². The highest BCUT2D eigenvalue weighted by Gasteiger charge is 2.17. The van der Waals surface area contributed by atoms with Crippen molar-refractivity contribution in [3.63, 3.8) is 0 Å². The number of nitrogens with zero attached hydrogens (tertiary/aromatic N) is 2. The van der Waals surface area contributed by atoms with Crippen molar-refractivity contribution < 1.29 is 5.11 Å². The van der Waals surface area contributed by atoms with Crippen LogP contribution in [0.25, 0.3) is 5.69 Å². The van der Waals surface area contributed by atoms with Crippen molar-refractivity contribution in [2.24, 2.45) is 5.92 Å². The van der Waals surface area contributed by atoms with Gasteiger partial charge >= 0.3 is 0 Å². The van der Waals surface area contributed by atoms with Gasteiger partial charge in [-0.3, -0.25) is 0 Å². The number of hydrogen-bond donors (Lipinski definition) is 1. The summed E-state index contributed by atoms with van der Waals surface area (Å²) in [6.07, 6.45) is 0.851. The second-order valence-electron chi connectivity index (χ2n) is 5.18. The van der Waals surface area contributed by atoms with Gasteiger partial charge in [0.05, 0.1) is 11.4 Å². The van der Waals surface area contributed by atoms with E-state index in [1.807, 2.05) is 38.1 Å². The van der Waals surface area contributed by atoms with Crippen LogP contribution in [0.4, 0.5) is 0 Å². The maximum Gasteiger partial charge on any atom is 0.217 e. The van der Waals surface area contributed by atoms with Crippen LogP contribution in [-0.2, 0) is 6.42 Å². The maximum atomic E-state index is 10.3. The summed E-state index contributed by atoms with van der Waals surface area (Å²) in [4.78, 5) is 0. The Kier molecular flexibility index (Phi) is 3.41. The number of benzene rings is 1. The zero-order valence-electron chi connectivity index (χ0n) is 11.4. The molecule has 0 amide bonds. The number of hydrogen-bond acceptors (Lipinski definition) is 2. The van der Waals surface area contributed by atoms with E-state index in [4.69, 9.17) is 0 Å². The van der Waals surface area contributed by atoms with Gasteiger partial charge in [-0.05, 0) is 37.8 Å². The van der Waals surface area contributed by atoms with E-state index in [1.54, 1.807) is 4.68 Å². The molecule has 0 aliphatic heterocycles. The lowest BCUT2D eigenvalue weighted by atomic mass is 10.0. The maximum absolute atomic E-state index is 10.3. The summed E-state index contributed by atoms with van der Waals surface area (Å²) < 4.78 is 1.64. The summed E-state index contributed by atoms with van der Waals surface area (Å²) in [5.41, 5.74) is 3.90. The predicted octanol–water partition coefficient (Wildman–Crippen LogP) is 3.39. The quantitative estimate of drug-likeness (QED) is 0.898. The van der Waals surface area contributed by atoms with Gasteiger partial charge in [0.25, 0.3) is 0 Å². The standard InChI is InChI=1S/C15H20N2O/c1-10(2)9-13-12(4)16-17(15(13)18)14-8-6-5-7-11(14)3/h5-8,10,18H,9H2,1-4H3. The van der Waals surface area contributed by atoms with E-state index in [0.29, 0.717) is 5.92 Å². The molecule has 0 atom stereocenters. The zero-order chi connectivity index (χ0) is 13.3. The SMILES string of the molecule is Cc1ccccc1-n1nc(C)c(CC(C)C)c1O. The van der Waals surface area contributed by atoms with Crippen LogP contribution in [0.2, 0.25) is 0 Å². The monoisotopic (exact) mass is 244 g/mol. The largest absolute Gasteiger partial charge is 0.493 e. The van der Waals surface area contributed by atoms with E-state index >= 15 is 0 Å². The molecule has 0 saturated carbocycles. The summed E-state index contributed by atoms with van der Waals surface area (Å²) in [6.45, 7) is 8.26. The molecule has 0 fully saturated rings. The molecule has 0 radical (unpaired) electrons. The van der Waals surface area contributed by atoms with Crippen LogP contribution in [0.3, 0.4) is 0 Å². The molecule has 0 saturated heterocycles. The minimum Gasteiger partial charge on any atom is -0.493 e. The number of para-hydroxylation sites is 1. The molecular formula is C15H20N2O. The molecule has 0 bridgehead atoms. The fourth-order valence-corrected chi connectivity index (χ4v) is 2.16. The van der Waals surface area contributed by atoms with Gasteiger partial charge in [-0.25, -0.2) is 4.68 Å². The lowest BCUT2D eigenvalue weighted by molar-refractivity contribution is 0.424. The second kappa shape index (κ2) is 4.84. The van der Waals surface area contributed by atoms with E-state index in [9.17, 15) is 5.11 Å². The van der Waals surface area contributed by atoms with Gasteiger partial charge in [0, 0.05) is 5.56 Å². The Bertz CT molecular complexity index is 556. The Morgan fingerprint density at radius 1 is 1.22 bits per heavy atom. The molecule has 3 heteroatoms. The first-order valence-corrected chi connectivity index (χ1v) is 6.34. The summed E-state index contributed by atoms with van der Waals surface area (Å²) in [5.74, 6) is 0.777. The van der Waals surface area contributed by atoms with Crippen molar-refractivity contribution in [2.45, 2.75) is 34.1 Å². The molecule has 0 aliphatic carbocycles. The van der Waals surface area contributed by atoms with Gasteiger partial charge < -0.3 is 5.11 Å². The van der Waals surface area contributed by atoms with Crippen molar-refractivity contribution >= 4 is 0 Å². The van der Waals surface area contributed by atoms with E-state index in [2.05, 4.69) is 18.9 Å². The topological polar surface area (TPSA) is 38.0 Å². The molecule has 1 N–H and O–H groups in total. The van der Waals surface area contributed by atoms with Crippen LogP contribution in [0.5, 0.6) is 5.88 Å². The van der Waals surface area contributed by atoms with Crippen molar-refractivity contribution in [3.8, 4) is 11.6 Å². The van der Waals surface area contributed by atoms with Crippen LogP contribution in [0, 0.1) is 19.8 Å². The zero-order valence-corrected chi connectivity index (χ0v) is 11.4. The highest BCUT2D eigenvalue weighted by atomic mass is 16.3. The van der Waals surface area contributed by atoms with Crippen LogP contribution in [0.15, 0.2) is 24.3 Å². The first kappa shape index (κ1) is 12.7. The molecule has 0 unspecified atom stereocenters. The van der Waals surface area contributed by atoms with E-state index in [0.717, 1.165) is 28.9 Å². The van der Waals surface area contributed by atoms with Gasteiger partial charge in [-0.2, -0.15) is 5.10 Å². The number of aryl methyl sites for hydroxylation is 2. The Morgan fingerprint density at radius 2 is 1.89 bits per heavy atom. The smallest absolute Gasteiger partial charge is 0.217 e. The molecule has 2 rings (SSSR count). The molecule has 2 aromatic rings. The van der Waals surface area contributed by atoms with Crippen LogP contribution in [-0.4, -0.2) is 14.9 Å². The molecule has 1 aromatic carbocycles. The van der Waals surface area contributed by atoms with E-state index < -0.39 is 0 Å². The molecule has 0 aliphatic rings. The number of rotatable bonds is 3. The van der Waals surface area contributed by atoms with E-state index in [-0.39, 0.29) is 5.88 Å². The minimum absolute atomic E-state index is 0.274. The third kappa shape index (κ3) is 2.26. The highest BCUT2D eigenvalue weighted by Crippen LogP contribution is 2.27. The van der Waals surface area contributed by atoms with Gasteiger partial charge in [0.1, 0.15) is 0 Å². The number of aromatic nitrogens is 2. The first-order chi connectivity index (χ1) is 8.50. The fourth-order valence-electron chi connectivity index (χ4n) is 2.16. The van der Waals surface area contributed by atoms with E-state index in [1.165, 1.54) is 0 Å². The van der Waals surface area contributed by atoms with Gasteiger partial charge in [0.2, 0.25) is 5.88 Å². The molecule has 1 heterocycles. The Labute approximate surface area is 108 Å².